The normalized spacial score (nSPS) is 11.7. The number of benzene rings is 2. The maximum Gasteiger partial charge on any atom is 0.258 e. The van der Waals surface area contributed by atoms with Crippen molar-refractivity contribution in [1.29, 1.82) is 0 Å². The predicted molar refractivity (Wildman–Crippen MR) is 79.6 cm³/mol. The molecule has 0 saturated carbocycles. The Bertz CT molecular complexity index is 525. The lowest BCUT2D eigenvalue weighted by molar-refractivity contribution is -0.123. The molecule has 20 heavy (non-hydrogen) atoms. The van der Waals surface area contributed by atoms with E-state index in [0.717, 1.165) is 12.0 Å². The van der Waals surface area contributed by atoms with Gasteiger partial charge in [0.05, 0.1) is 6.04 Å². The smallest absolute Gasteiger partial charge is 0.258 e. The number of carbonyl (C=O) groups is 1. The Morgan fingerprint density at radius 2 is 1.65 bits per heavy atom. The number of para-hydroxylation sites is 1. The summed E-state index contributed by atoms with van der Waals surface area (Å²) in [6, 6.07) is 19.3. The number of ether oxygens (including phenoxy) is 1. The van der Waals surface area contributed by atoms with Crippen molar-refractivity contribution in [3.8, 4) is 5.75 Å². The summed E-state index contributed by atoms with van der Waals surface area (Å²) in [5.41, 5.74) is 1.11. The number of amides is 1. The number of hydrogen-bond acceptors (Lipinski definition) is 2. The van der Waals surface area contributed by atoms with E-state index in [4.69, 9.17) is 4.74 Å². The van der Waals surface area contributed by atoms with Crippen molar-refractivity contribution < 1.29 is 9.53 Å². The van der Waals surface area contributed by atoms with Crippen LogP contribution in [0.1, 0.15) is 24.9 Å². The summed E-state index contributed by atoms with van der Waals surface area (Å²) in [6.07, 6.45) is 0.848. The fourth-order valence-electron chi connectivity index (χ4n) is 2.01. The summed E-state index contributed by atoms with van der Waals surface area (Å²) in [7, 11) is 0. The fraction of sp³-hybridized carbons (Fsp3) is 0.235. The average molecular weight is 269 g/mol. The van der Waals surface area contributed by atoms with Gasteiger partial charge in [-0.3, -0.25) is 4.79 Å². The number of rotatable bonds is 6. The van der Waals surface area contributed by atoms with Crippen LogP contribution in [0, 0.1) is 0 Å². The van der Waals surface area contributed by atoms with Gasteiger partial charge >= 0.3 is 0 Å². The zero-order valence-corrected chi connectivity index (χ0v) is 11.6. The molecule has 0 spiro atoms. The molecule has 0 heterocycles. The highest BCUT2D eigenvalue weighted by molar-refractivity contribution is 5.78. The van der Waals surface area contributed by atoms with Crippen LogP contribution in [0.3, 0.4) is 0 Å². The first-order valence-electron chi connectivity index (χ1n) is 6.81. The van der Waals surface area contributed by atoms with E-state index < -0.39 is 0 Å². The Hall–Kier alpha value is -2.29. The number of carbonyl (C=O) groups excluding carboxylic acids is 1. The van der Waals surface area contributed by atoms with Crippen LogP contribution in [-0.4, -0.2) is 12.5 Å². The Morgan fingerprint density at radius 3 is 2.25 bits per heavy atom. The second-order valence-corrected chi connectivity index (χ2v) is 4.54. The molecule has 3 heteroatoms. The third kappa shape index (κ3) is 4.12. The molecule has 0 aliphatic rings. The van der Waals surface area contributed by atoms with Crippen molar-refractivity contribution in [2.75, 3.05) is 6.61 Å². The minimum atomic E-state index is -0.107. The van der Waals surface area contributed by atoms with Crippen LogP contribution in [0.25, 0.3) is 0 Å². The first-order valence-corrected chi connectivity index (χ1v) is 6.81. The molecular weight excluding hydrogens is 250 g/mol. The first kappa shape index (κ1) is 14.1. The van der Waals surface area contributed by atoms with Gasteiger partial charge in [0.1, 0.15) is 5.75 Å². The van der Waals surface area contributed by atoms with Crippen LogP contribution in [0.2, 0.25) is 0 Å². The maximum absolute atomic E-state index is 11.9. The average Bonchev–Trinajstić information content (AvgIpc) is 2.52. The molecule has 2 aromatic rings. The molecule has 0 aliphatic carbocycles. The molecular formula is C17H19NO2. The van der Waals surface area contributed by atoms with Gasteiger partial charge in [0.25, 0.3) is 5.91 Å². The van der Waals surface area contributed by atoms with Crippen LogP contribution in [0.15, 0.2) is 60.7 Å². The van der Waals surface area contributed by atoms with Gasteiger partial charge in [-0.15, -0.1) is 0 Å². The van der Waals surface area contributed by atoms with Gasteiger partial charge in [0.2, 0.25) is 0 Å². The zero-order valence-electron chi connectivity index (χ0n) is 11.6. The molecule has 0 fully saturated rings. The number of nitrogens with one attached hydrogen (secondary N) is 1. The summed E-state index contributed by atoms with van der Waals surface area (Å²) < 4.78 is 5.44. The van der Waals surface area contributed by atoms with Gasteiger partial charge in [-0.2, -0.15) is 0 Å². The second kappa shape index (κ2) is 7.34. The van der Waals surface area contributed by atoms with Crippen molar-refractivity contribution in [2.24, 2.45) is 0 Å². The predicted octanol–water partition coefficient (Wildman–Crippen LogP) is 3.33. The van der Waals surface area contributed by atoms with Crippen molar-refractivity contribution in [2.45, 2.75) is 19.4 Å². The lowest BCUT2D eigenvalue weighted by Gasteiger charge is -2.17. The van der Waals surface area contributed by atoms with E-state index >= 15 is 0 Å². The molecule has 0 aliphatic heterocycles. The highest BCUT2D eigenvalue weighted by Crippen LogP contribution is 2.15. The van der Waals surface area contributed by atoms with Gasteiger partial charge in [-0.1, -0.05) is 55.5 Å². The van der Waals surface area contributed by atoms with Crippen LogP contribution >= 0.6 is 0 Å². The second-order valence-electron chi connectivity index (χ2n) is 4.54. The molecule has 0 radical (unpaired) electrons. The highest BCUT2D eigenvalue weighted by atomic mass is 16.5. The minimum Gasteiger partial charge on any atom is -0.484 e. The van der Waals surface area contributed by atoms with Gasteiger partial charge in [0, 0.05) is 0 Å². The van der Waals surface area contributed by atoms with Crippen LogP contribution in [0.5, 0.6) is 5.75 Å². The molecule has 1 N–H and O–H groups in total. The van der Waals surface area contributed by atoms with Gasteiger partial charge in [0.15, 0.2) is 6.61 Å². The Labute approximate surface area is 119 Å². The van der Waals surface area contributed by atoms with Crippen molar-refractivity contribution >= 4 is 5.91 Å². The topological polar surface area (TPSA) is 38.3 Å². The Balaban J connectivity index is 1.87. The van der Waals surface area contributed by atoms with Crippen molar-refractivity contribution in [3.63, 3.8) is 0 Å². The Kier molecular flexibility index (Phi) is 5.18. The van der Waals surface area contributed by atoms with Gasteiger partial charge in [-0.05, 0) is 24.1 Å². The minimum absolute atomic E-state index is 0.0306. The Morgan fingerprint density at radius 1 is 1.05 bits per heavy atom. The third-order valence-corrected chi connectivity index (χ3v) is 3.06. The van der Waals surface area contributed by atoms with E-state index in [9.17, 15) is 4.79 Å². The van der Waals surface area contributed by atoms with Gasteiger partial charge in [-0.25, -0.2) is 0 Å². The molecule has 2 rings (SSSR count). The molecule has 0 bridgehead atoms. The molecule has 2 aromatic carbocycles. The summed E-state index contributed by atoms with van der Waals surface area (Å²) in [5, 5.41) is 2.99. The van der Waals surface area contributed by atoms with E-state index in [1.54, 1.807) is 0 Å². The molecule has 1 atom stereocenters. The summed E-state index contributed by atoms with van der Waals surface area (Å²) in [6.45, 7) is 2.09. The van der Waals surface area contributed by atoms with E-state index in [0.29, 0.717) is 5.75 Å². The lowest BCUT2D eigenvalue weighted by atomic mass is 10.0. The molecule has 1 amide bonds. The first-order chi connectivity index (χ1) is 9.79. The molecule has 104 valence electrons. The van der Waals surface area contributed by atoms with Crippen molar-refractivity contribution in [3.05, 3.63) is 66.2 Å². The molecule has 0 saturated heterocycles. The monoisotopic (exact) mass is 269 g/mol. The maximum atomic E-state index is 11.9. The van der Waals surface area contributed by atoms with Gasteiger partial charge < -0.3 is 10.1 Å². The molecule has 0 aromatic heterocycles. The number of hydrogen-bond donors (Lipinski definition) is 1. The molecule has 3 nitrogen and oxygen atoms in total. The van der Waals surface area contributed by atoms with Crippen molar-refractivity contribution in [1.82, 2.24) is 5.32 Å². The highest BCUT2D eigenvalue weighted by Gasteiger charge is 2.12. The van der Waals surface area contributed by atoms with E-state index in [2.05, 4.69) is 12.2 Å². The quantitative estimate of drug-likeness (QED) is 0.873. The summed E-state index contributed by atoms with van der Waals surface area (Å²) in [5.74, 6) is 0.597. The summed E-state index contributed by atoms with van der Waals surface area (Å²) in [4.78, 5) is 11.9. The van der Waals surface area contributed by atoms with Crippen LogP contribution in [-0.2, 0) is 4.79 Å². The fourth-order valence-corrected chi connectivity index (χ4v) is 2.01. The van der Waals surface area contributed by atoms with E-state index in [-0.39, 0.29) is 18.6 Å². The molecule has 0 unspecified atom stereocenters. The standard InChI is InChI=1S/C17H19NO2/c1-2-16(14-9-5-3-6-10-14)18-17(19)13-20-15-11-7-4-8-12-15/h3-12,16H,2,13H2,1H3,(H,18,19)/t16-/m0/s1. The van der Waals surface area contributed by atoms with E-state index in [1.807, 2.05) is 60.7 Å². The lowest BCUT2D eigenvalue weighted by Crippen LogP contribution is -2.32. The SMILES string of the molecule is CC[C@H](NC(=O)COc1ccccc1)c1ccccc1. The van der Waals surface area contributed by atoms with Crippen LogP contribution < -0.4 is 10.1 Å². The van der Waals surface area contributed by atoms with E-state index in [1.165, 1.54) is 0 Å². The van der Waals surface area contributed by atoms with Crippen LogP contribution in [0.4, 0.5) is 0 Å². The third-order valence-electron chi connectivity index (χ3n) is 3.06. The largest absolute Gasteiger partial charge is 0.484 e. The summed E-state index contributed by atoms with van der Waals surface area (Å²) >= 11 is 0. The zero-order chi connectivity index (χ0) is 14.2.